The first-order valence-corrected chi connectivity index (χ1v) is 7.09. The second kappa shape index (κ2) is 4.80. The highest BCUT2D eigenvalue weighted by molar-refractivity contribution is 5.99. The SMILES string of the molecule is CN1C(=O)c2[nH]nc(-c3ccccc3)c2[C@H]1c1ccccn1. The van der Waals surface area contributed by atoms with Crippen LogP contribution in [0.25, 0.3) is 11.3 Å². The van der Waals surface area contributed by atoms with Crippen molar-refractivity contribution in [2.75, 3.05) is 7.05 Å². The maximum absolute atomic E-state index is 12.5. The Balaban J connectivity index is 1.92. The van der Waals surface area contributed by atoms with E-state index >= 15 is 0 Å². The van der Waals surface area contributed by atoms with Crippen LogP contribution in [0.1, 0.15) is 27.8 Å². The average molecular weight is 290 g/mol. The van der Waals surface area contributed by atoms with E-state index in [2.05, 4.69) is 15.2 Å². The van der Waals surface area contributed by atoms with Crippen LogP contribution in [-0.4, -0.2) is 33.0 Å². The molecule has 22 heavy (non-hydrogen) atoms. The molecule has 0 fully saturated rings. The maximum Gasteiger partial charge on any atom is 0.272 e. The fourth-order valence-corrected chi connectivity index (χ4v) is 2.97. The van der Waals surface area contributed by atoms with Crippen LogP contribution in [0.5, 0.6) is 0 Å². The molecule has 0 bridgehead atoms. The van der Waals surface area contributed by atoms with Crippen molar-refractivity contribution in [2.24, 2.45) is 0 Å². The van der Waals surface area contributed by atoms with Crippen LogP contribution in [0, 0.1) is 0 Å². The summed E-state index contributed by atoms with van der Waals surface area (Å²) in [6.45, 7) is 0. The highest BCUT2D eigenvalue weighted by Crippen LogP contribution is 2.40. The summed E-state index contributed by atoms with van der Waals surface area (Å²) in [5.74, 6) is -0.0552. The number of hydrogen-bond acceptors (Lipinski definition) is 3. The highest BCUT2D eigenvalue weighted by atomic mass is 16.2. The van der Waals surface area contributed by atoms with E-state index in [0.29, 0.717) is 5.69 Å². The van der Waals surface area contributed by atoms with Gasteiger partial charge in [-0.2, -0.15) is 5.10 Å². The lowest BCUT2D eigenvalue weighted by atomic mass is 9.99. The average Bonchev–Trinajstić information content (AvgIpc) is 3.10. The Morgan fingerprint density at radius 1 is 1.09 bits per heavy atom. The predicted molar refractivity (Wildman–Crippen MR) is 82.2 cm³/mol. The third kappa shape index (κ3) is 1.75. The summed E-state index contributed by atoms with van der Waals surface area (Å²) >= 11 is 0. The van der Waals surface area contributed by atoms with Crippen molar-refractivity contribution in [1.82, 2.24) is 20.1 Å². The van der Waals surface area contributed by atoms with Gasteiger partial charge in [-0.25, -0.2) is 0 Å². The van der Waals surface area contributed by atoms with E-state index in [0.717, 1.165) is 22.5 Å². The Kier molecular flexibility index (Phi) is 2.79. The van der Waals surface area contributed by atoms with Gasteiger partial charge in [-0.05, 0) is 12.1 Å². The minimum atomic E-state index is -0.211. The molecule has 5 nitrogen and oxygen atoms in total. The number of H-pyrrole nitrogens is 1. The summed E-state index contributed by atoms with van der Waals surface area (Å²) in [6.07, 6.45) is 1.74. The largest absolute Gasteiger partial charge is 0.327 e. The second-order valence-corrected chi connectivity index (χ2v) is 5.30. The Bertz CT molecular complexity index is 826. The smallest absolute Gasteiger partial charge is 0.272 e. The van der Waals surface area contributed by atoms with Gasteiger partial charge < -0.3 is 4.90 Å². The van der Waals surface area contributed by atoms with E-state index in [1.54, 1.807) is 18.1 Å². The Morgan fingerprint density at radius 2 is 1.86 bits per heavy atom. The normalized spacial score (nSPS) is 16.9. The summed E-state index contributed by atoms with van der Waals surface area (Å²) < 4.78 is 0. The molecular weight excluding hydrogens is 276 g/mol. The van der Waals surface area contributed by atoms with Gasteiger partial charge in [0.25, 0.3) is 5.91 Å². The van der Waals surface area contributed by atoms with Gasteiger partial charge in [-0.3, -0.25) is 14.9 Å². The van der Waals surface area contributed by atoms with Gasteiger partial charge >= 0.3 is 0 Å². The van der Waals surface area contributed by atoms with Crippen molar-refractivity contribution >= 4 is 5.91 Å². The fourth-order valence-electron chi connectivity index (χ4n) is 2.97. The van der Waals surface area contributed by atoms with Crippen molar-refractivity contribution in [3.63, 3.8) is 0 Å². The molecule has 1 aliphatic heterocycles. The number of amides is 1. The summed E-state index contributed by atoms with van der Waals surface area (Å²) in [7, 11) is 1.80. The summed E-state index contributed by atoms with van der Waals surface area (Å²) in [5.41, 5.74) is 4.10. The van der Waals surface area contributed by atoms with E-state index in [1.807, 2.05) is 48.5 Å². The zero-order chi connectivity index (χ0) is 15.1. The molecular formula is C17H14N4O. The third-order valence-corrected chi connectivity index (χ3v) is 4.01. The molecule has 1 atom stereocenters. The molecule has 108 valence electrons. The van der Waals surface area contributed by atoms with Gasteiger partial charge in [0.2, 0.25) is 0 Å². The molecule has 0 radical (unpaired) electrons. The van der Waals surface area contributed by atoms with Crippen LogP contribution in [0.3, 0.4) is 0 Å². The number of pyridine rings is 1. The number of carbonyl (C=O) groups excluding carboxylic acids is 1. The molecule has 4 rings (SSSR count). The number of fused-ring (bicyclic) bond motifs is 1. The number of carbonyl (C=O) groups is 1. The van der Waals surface area contributed by atoms with Gasteiger partial charge in [0.1, 0.15) is 11.7 Å². The number of nitrogens with one attached hydrogen (secondary N) is 1. The topological polar surface area (TPSA) is 61.9 Å². The molecule has 0 unspecified atom stereocenters. The van der Waals surface area contributed by atoms with Crippen molar-refractivity contribution in [3.8, 4) is 11.3 Å². The molecule has 2 aromatic heterocycles. The number of rotatable bonds is 2. The number of hydrogen-bond donors (Lipinski definition) is 1. The lowest BCUT2D eigenvalue weighted by Gasteiger charge is -2.20. The van der Waals surface area contributed by atoms with Gasteiger partial charge in [-0.15, -0.1) is 0 Å². The molecule has 3 aromatic rings. The standard InChI is InChI=1S/C17H14N4O/c1-21-16(12-9-5-6-10-18-12)13-14(11-7-3-2-4-8-11)19-20-15(13)17(21)22/h2-10,16H,1H3,(H,19,20)/t16-/m1/s1. The Morgan fingerprint density at radius 3 is 2.59 bits per heavy atom. The summed E-state index contributed by atoms with van der Waals surface area (Å²) in [5, 5.41) is 7.26. The first kappa shape index (κ1) is 12.8. The Labute approximate surface area is 127 Å². The first-order chi connectivity index (χ1) is 10.8. The summed E-state index contributed by atoms with van der Waals surface area (Å²) in [4.78, 5) is 18.6. The lowest BCUT2D eigenvalue weighted by Crippen LogP contribution is -2.25. The third-order valence-electron chi connectivity index (χ3n) is 4.01. The molecule has 0 saturated heterocycles. The molecule has 0 aliphatic carbocycles. The van der Waals surface area contributed by atoms with Crippen molar-refractivity contribution in [3.05, 3.63) is 71.7 Å². The van der Waals surface area contributed by atoms with Crippen LogP contribution < -0.4 is 0 Å². The number of nitrogens with zero attached hydrogens (tertiary/aromatic N) is 3. The zero-order valence-corrected chi connectivity index (χ0v) is 12.0. The van der Waals surface area contributed by atoms with E-state index < -0.39 is 0 Å². The van der Waals surface area contributed by atoms with Gasteiger partial charge in [0.15, 0.2) is 0 Å². The van der Waals surface area contributed by atoms with Gasteiger partial charge in [-0.1, -0.05) is 36.4 Å². The number of aromatic nitrogens is 3. The second-order valence-electron chi connectivity index (χ2n) is 5.30. The van der Waals surface area contributed by atoms with E-state index in [1.165, 1.54) is 0 Å². The van der Waals surface area contributed by atoms with E-state index in [4.69, 9.17) is 0 Å². The predicted octanol–water partition coefficient (Wildman–Crippen LogP) is 2.65. The molecule has 0 saturated carbocycles. The minimum absolute atomic E-state index is 0.0552. The van der Waals surface area contributed by atoms with Gasteiger partial charge in [0, 0.05) is 24.4 Å². The molecule has 1 aromatic carbocycles. The van der Waals surface area contributed by atoms with Crippen LogP contribution in [0.15, 0.2) is 54.7 Å². The Hall–Kier alpha value is -2.95. The zero-order valence-electron chi connectivity index (χ0n) is 12.0. The van der Waals surface area contributed by atoms with Crippen LogP contribution >= 0.6 is 0 Å². The fraction of sp³-hybridized carbons (Fsp3) is 0.118. The highest BCUT2D eigenvalue weighted by Gasteiger charge is 2.40. The minimum Gasteiger partial charge on any atom is -0.327 e. The van der Waals surface area contributed by atoms with Crippen molar-refractivity contribution < 1.29 is 4.79 Å². The molecule has 1 amide bonds. The van der Waals surface area contributed by atoms with Crippen LogP contribution in [-0.2, 0) is 0 Å². The van der Waals surface area contributed by atoms with E-state index in [-0.39, 0.29) is 11.9 Å². The molecule has 5 heteroatoms. The monoisotopic (exact) mass is 290 g/mol. The van der Waals surface area contributed by atoms with Crippen molar-refractivity contribution in [1.29, 1.82) is 0 Å². The maximum atomic E-state index is 12.5. The van der Waals surface area contributed by atoms with E-state index in [9.17, 15) is 4.79 Å². The lowest BCUT2D eigenvalue weighted by molar-refractivity contribution is 0.0786. The van der Waals surface area contributed by atoms with Gasteiger partial charge in [0.05, 0.1) is 11.4 Å². The first-order valence-electron chi connectivity index (χ1n) is 7.09. The molecule has 0 spiro atoms. The molecule has 1 N–H and O–H groups in total. The number of benzene rings is 1. The molecule has 1 aliphatic rings. The quantitative estimate of drug-likeness (QED) is 0.789. The van der Waals surface area contributed by atoms with Crippen LogP contribution in [0.2, 0.25) is 0 Å². The summed E-state index contributed by atoms with van der Waals surface area (Å²) in [6, 6.07) is 15.4. The van der Waals surface area contributed by atoms with Crippen molar-refractivity contribution in [2.45, 2.75) is 6.04 Å². The van der Waals surface area contributed by atoms with Crippen LogP contribution in [0.4, 0.5) is 0 Å². The molecule has 3 heterocycles. The number of aromatic amines is 1.